The molecule has 1 atom stereocenters. The van der Waals surface area contributed by atoms with Crippen molar-refractivity contribution in [3.63, 3.8) is 0 Å². The number of guanidine groups is 1. The van der Waals surface area contributed by atoms with Gasteiger partial charge in [0.1, 0.15) is 0 Å². The Morgan fingerprint density at radius 3 is 2.29 bits per heavy atom. The van der Waals surface area contributed by atoms with Crippen LogP contribution in [0.1, 0.15) is 40.5 Å². The molecule has 5 nitrogen and oxygen atoms in total. The van der Waals surface area contributed by atoms with Gasteiger partial charge in [-0.1, -0.05) is 27.7 Å². The first-order valence-electron chi connectivity index (χ1n) is 6.22. The lowest BCUT2D eigenvalue weighted by molar-refractivity contribution is -0.124. The zero-order valence-electron chi connectivity index (χ0n) is 11.3. The molecule has 0 radical (unpaired) electrons. The summed E-state index contributed by atoms with van der Waals surface area (Å²) < 4.78 is 0. The Hall–Kier alpha value is -1.10. The van der Waals surface area contributed by atoms with Crippen molar-refractivity contribution in [1.29, 1.82) is 5.41 Å². The summed E-state index contributed by atoms with van der Waals surface area (Å²) in [7, 11) is 0. The molecule has 100 valence electrons. The zero-order valence-corrected chi connectivity index (χ0v) is 11.3. The summed E-state index contributed by atoms with van der Waals surface area (Å²) in [5.74, 6) is 0.280. The molecule has 0 spiro atoms. The standard InChI is InChI=1S/C12H26N4O/c1-8(2)11(17)10(16-9(3)4)6-5-7-15-12(13)14/h8-10,16H,5-7H2,1-4H3,(H4,13,14,15)/t10-/m0/s1. The van der Waals surface area contributed by atoms with E-state index in [0.717, 1.165) is 12.8 Å². The fraction of sp³-hybridized carbons (Fsp3) is 0.833. The van der Waals surface area contributed by atoms with E-state index in [1.807, 2.05) is 27.7 Å². The van der Waals surface area contributed by atoms with Crippen molar-refractivity contribution in [3.05, 3.63) is 0 Å². The molecule has 0 heterocycles. The maximum absolute atomic E-state index is 12.0. The van der Waals surface area contributed by atoms with Crippen molar-refractivity contribution in [2.24, 2.45) is 11.7 Å². The molecule has 5 N–H and O–H groups in total. The Bertz CT molecular complexity index is 251. The molecule has 0 aromatic heterocycles. The van der Waals surface area contributed by atoms with E-state index in [1.165, 1.54) is 0 Å². The smallest absolute Gasteiger partial charge is 0.185 e. The van der Waals surface area contributed by atoms with E-state index < -0.39 is 0 Å². The van der Waals surface area contributed by atoms with Crippen molar-refractivity contribution in [2.45, 2.75) is 52.6 Å². The van der Waals surface area contributed by atoms with E-state index >= 15 is 0 Å². The van der Waals surface area contributed by atoms with Gasteiger partial charge in [0, 0.05) is 18.5 Å². The number of hydrogen-bond donors (Lipinski definition) is 4. The molecule has 0 fully saturated rings. The third-order valence-electron chi connectivity index (χ3n) is 2.43. The number of nitrogens with one attached hydrogen (secondary N) is 3. The van der Waals surface area contributed by atoms with E-state index in [4.69, 9.17) is 11.1 Å². The minimum Gasteiger partial charge on any atom is -0.370 e. The largest absolute Gasteiger partial charge is 0.370 e. The average molecular weight is 242 g/mol. The number of Topliss-reactive ketones (excluding diaryl/α,β-unsaturated/α-hetero) is 1. The molecule has 5 heteroatoms. The van der Waals surface area contributed by atoms with E-state index in [2.05, 4.69) is 10.6 Å². The Labute approximate surface area is 104 Å². The van der Waals surface area contributed by atoms with Crippen LogP contribution >= 0.6 is 0 Å². The van der Waals surface area contributed by atoms with Crippen molar-refractivity contribution in [3.8, 4) is 0 Å². The van der Waals surface area contributed by atoms with Gasteiger partial charge in [-0.2, -0.15) is 0 Å². The van der Waals surface area contributed by atoms with Gasteiger partial charge in [0.05, 0.1) is 6.04 Å². The Morgan fingerprint density at radius 2 is 1.88 bits per heavy atom. The molecule has 0 unspecified atom stereocenters. The van der Waals surface area contributed by atoms with Crippen LogP contribution in [-0.2, 0) is 4.79 Å². The van der Waals surface area contributed by atoms with Gasteiger partial charge >= 0.3 is 0 Å². The lowest BCUT2D eigenvalue weighted by Crippen LogP contribution is -2.43. The minimum atomic E-state index is -0.0937. The average Bonchev–Trinajstić information content (AvgIpc) is 2.20. The molecule has 0 aliphatic heterocycles. The van der Waals surface area contributed by atoms with Crippen LogP contribution in [0.25, 0.3) is 0 Å². The van der Waals surface area contributed by atoms with Gasteiger partial charge in [-0.25, -0.2) is 0 Å². The third kappa shape index (κ3) is 7.74. The number of carbonyl (C=O) groups excluding carboxylic acids is 1. The molecule has 0 aliphatic rings. The molecular formula is C12H26N4O. The fourth-order valence-electron chi connectivity index (χ4n) is 1.64. The van der Waals surface area contributed by atoms with Crippen molar-refractivity contribution >= 4 is 11.7 Å². The molecule has 0 saturated carbocycles. The van der Waals surface area contributed by atoms with Crippen LogP contribution in [0.15, 0.2) is 0 Å². The predicted molar refractivity (Wildman–Crippen MR) is 71.1 cm³/mol. The molecule has 0 aliphatic carbocycles. The van der Waals surface area contributed by atoms with Crippen LogP contribution in [-0.4, -0.2) is 30.4 Å². The predicted octanol–water partition coefficient (Wildman–Crippen LogP) is 0.841. The second kappa shape index (κ2) is 8.06. The summed E-state index contributed by atoms with van der Waals surface area (Å²) in [5, 5.41) is 13.1. The van der Waals surface area contributed by atoms with Crippen LogP contribution in [0, 0.1) is 11.3 Å². The number of carbonyl (C=O) groups is 1. The van der Waals surface area contributed by atoms with E-state index in [-0.39, 0.29) is 23.7 Å². The normalized spacial score (nSPS) is 12.8. The summed E-state index contributed by atoms with van der Waals surface area (Å²) in [4.78, 5) is 12.0. The van der Waals surface area contributed by atoms with Crippen LogP contribution in [0.3, 0.4) is 0 Å². The Kier molecular flexibility index (Phi) is 7.54. The molecule has 0 rings (SSSR count). The second-order valence-corrected chi connectivity index (χ2v) is 4.91. The van der Waals surface area contributed by atoms with E-state index in [1.54, 1.807) is 0 Å². The highest BCUT2D eigenvalue weighted by atomic mass is 16.1. The van der Waals surface area contributed by atoms with E-state index in [9.17, 15) is 4.79 Å². The number of ketones is 1. The highest BCUT2D eigenvalue weighted by molar-refractivity contribution is 5.85. The maximum Gasteiger partial charge on any atom is 0.185 e. The molecule has 17 heavy (non-hydrogen) atoms. The first-order chi connectivity index (χ1) is 7.84. The fourth-order valence-corrected chi connectivity index (χ4v) is 1.64. The highest BCUT2D eigenvalue weighted by Gasteiger charge is 2.20. The molecule has 0 amide bonds. The molecule has 0 saturated heterocycles. The number of hydrogen-bond acceptors (Lipinski definition) is 3. The number of nitrogens with two attached hydrogens (primary N) is 1. The van der Waals surface area contributed by atoms with Gasteiger partial charge in [-0.15, -0.1) is 0 Å². The number of rotatable bonds is 8. The summed E-state index contributed by atoms with van der Waals surface area (Å²) in [6.07, 6.45) is 1.60. The first-order valence-corrected chi connectivity index (χ1v) is 6.22. The van der Waals surface area contributed by atoms with Crippen LogP contribution in [0.5, 0.6) is 0 Å². The monoisotopic (exact) mass is 242 g/mol. The zero-order chi connectivity index (χ0) is 13.4. The molecule has 0 bridgehead atoms. The highest BCUT2D eigenvalue weighted by Crippen LogP contribution is 2.06. The second-order valence-electron chi connectivity index (χ2n) is 4.91. The van der Waals surface area contributed by atoms with Gasteiger partial charge < -0.3 is 16.4 Å². The molecule has 0 aromatic carbocycles. The van der Waals surface area contributed by atoms with Crippen molar-refractivity contribution < 1.29 is 4.79 Å². The first kappa shape index (κ1) is 15.9. The van der Waals surface area contributed by atoms with E-state index in [0.29, 0.717) is 12.6 Å². The van der Waals surface area contributed by atoms with Crippen LogP contribution in [0.2, 0.25) is 0 Å². The summed E-state index contributed by atoms with van der Waals surface area (Å²) in [6.45, 7) is 8.55. The maximum atomic E-state index is 12.0. The summed E-state index contributed by atoms with van der Waals surface area (Å²) in [5.41, 5.74) is 5.19. The van der Waals surface area contributed by atoms with Gasteiger partial charge in [-0.3, -0.25) is 10.2 Å². The lowest BCUT2D eigenvalue weighted by Gasteiger charge is -2.22. The SMILES string of the molecule is CC(C)N[C@@H](CCCNC(=N)N)C(=O)C(C)C. The van der Waals surface area contributed by atoms with Gasteiger partial charge in [0.2, 0.25) is 0 Å². The minimum absolute atomic E-state index is 0.0199. The topological polar surface area (TPSA) is 91.0 Å². The summed E-state index contributed by atoms with van der Waals surface area (Å²) >= 11 is 0. The Morgan fingerprint density at radius 1 is 1.29 bits per heavy atom. The Balaban J connectivity index is 4.11. The quantitative estimate of drug-likeness (QED) is 0.288. The molecule has 0 aromatic rings. The third-order valence-corrected chi connectivity index (χ3v) is 2.43. The van der Waals surface area contributed by atoms with Crippen LogP contribution < -0.4 is 16.4 Å². The van der Waals surface area contributed by atoms with Crippen molar-refractivity contribution in [1.82, 2.24) is 10.6 Å². The van der Waals surface area contributed by atoms with Gasteiger partial charge in [0.15, 0.2) is 11.7 Å². The van der Waals surface area contributed by atoms with Gasteiger partial charge in [0.25, 0.3) is 0 Å². The van der Waals surface area contributed by atoms with Crippen molar-refractivity contribution in [2.75, 3.05) is 6.54 Å². The van der Waals surface area contributed by atoms with Gasteiger partial charge in [-0.05, 0) is 12.8 Å². The lowest BCUT2D eigenvalue weighted by atomic mass is 9.97. The van der Waals surface area contributed by atoms with Crippen LogP contribution in [0.4, 0.5) is 0 Å². The summed E-state index contributed by atoms with van der Waals surface area (Å²) in [6, 6.07) is 0.201. The molecular weight excluding hydrogens is 216 g/mol.